The van der Waals surface area contributed by atoms with Gasteiger partial charge in [0.25, 0.3) is 0 Å². The molecule has 19 heavy (non-hydrogen) atoms. The van der Waals surface area contributed by atoms with E-state index in [2.05, 4.69) is 14.7 Å². The van der Waals surface area contributed by atoms with Crippen molar-refractivity contribution in [3.05, 3.63) is 48.5 Å². The van der Waals surface area contributed by atoms with Gasteiger partial charge in [-0.25, -0.2) is 23.1 Å². The second kappa shape index (κ2) is 5.46. The van der Waals surface area contributed by atoms with Crippen LogP contribution in [0.15, 0.2) is 43.0 Å². The van der Waals surface area contributed by atoms with Gasteiger partial charge in [-0.2, -0.15) is 0 Å². The highest BCUT2D eigenvalue weighted by Gasteiger charge is 2.10. The average Bonchev–Trinajstić information content (AvgIpc) is 2.38. The van der Waals surface area contributed by atoms with Crippen LogP contribution in [0.3, 0.4) is 0 Å². The molecule has 6 heteroatoms. The second-order valence-electron chi connectivity index (χ2n) is 4.36. The Bertz CT molecular complexity index is 639. The van der Waals surface area contributed by atoms with Crippen LogP contribution in [0.5, 0.6) is 0 Å². The highest BCUT2D eigenvalue weighted by atomic mass is 32.2. The van der Waals surface area contributed by atoms with Crippen molar-refractivity contribution in [1.82, 2.24) is 14.7 Å². The minimum absolute atomic E-state index is 0.254. The predicted molar refractivity (Wildman–Crippen MR) is 73.9 cm³/mol. The highest BCUT2D eigenvalue weighted by molar-refractivity contribution is 7.88. The molecular formula is C13H15N3O2S. The minimum atomic E-state index is -3.20. The number of hydrogen-bond donors (Lipinski definition) is 1. The highest BCUT2D eigenvalue weighted by Crippen LogP contribution is 2.20. The normalized spacial score (nSPS) is 13.2. The van der Waals surface area contributed by atoms with Gasteiger partial charge < -0.3 is 0 Å². The van der Waals surface area contributed by atoms with Crippen LogP contribution in [0.25, 0.3) is 11.1 Å². The number of hydrogen-bond acceptors (Lipinski definition) is 4. The molecule has 0 radical (unpaired) electrons. The molecule has 0 aliphatic carbocycles. The van der Waals surface area contributed by atoms with Crippen molar-refractivity contribution in [3.8, 4) is 11.1 Å². The summed E-state index contributed by atoms with van der Waals surface area (Å²) in [4.78, 5) is 7.93. The molecule has 2 rings (SSSR count). The summed E-state index contributed by atoms with van der Waals surface area (Å²) in [7, 11) is -3.20. The topological polar surface area (TPSA) is 72.0 Å². The molecule has 0 aliphatic rings. The van der Waals surface area contributed by atoms with Crippen LogP contribution in [0.4, 0.5) is 0 Å². The van der Waals surface area contributed by atoms with Crippen molar-refractivity contribution in [3.63, 3.8) is 0 Å². The SMILES string of the molecule is CC(NS(C)(=O)=O)c1ccc(-c2cncnc2)cc1. The van der Waals surface area contributed by atoms with Crippen molar-refractivity contribution in [2.75, 3.05) is 6.26 Å². The van der Waals surface area contributed by atoms with E-state index in [4.69, 9.17) is 0 Å². The first-order valence-electron chi connectivity index (χ1n) is 5.78. The van der Waals surface area contributed by atoms with E-state index in [0.29, 0.717) is 0 Å². The van der Waals surface area contributed by atoms with Gasteiger partial charge in [0.2, 0.25) is 10.0 Å². The van der Waals surface area contributed by atoms with Crippen LogP contribution in [0.2, 0.25) is 0 Å². The van der Waals surface area contributed by atoms with Gasteiger partial charge in [-0.15, -0.1) is 0 Å². The molecule has 0 saturated heterocycles. The molecule has 1 unspecified atom stereocenters. The summed E-state index contributed by atoms with van der Waals surface area (Å²) in [6, 6.07) is 7.38. The first-order valence-corrected chi connectivity index (χ1v) is 7.67. The van der Waals surface area contributed by atoms with Crippen molar-refractivity contribution in [2.45, 2.75) is 13.0 Å². The van der Waals surface area contributed by atoms with E-state index in [-0.39, 0.29) is 6.04 Å². The number of aromatic nitrogens is 2. The summed E-state index contributed by atoms with van der Waals surface area (Å²) in [5.41, 5.74) is 2.83. The predicted octanol–water partition coefficient (Wildman–Crippen LogP) is 1.75. The molecule has 5 nitrogen and oxygen atoms in total. The molecule has 0 aliphatic heterocycles. The largest absolute Gasteiger partial charge is 0.244 e. The van der Waals surface area contributed by atoms with Gasteiger partial charge >= 0.3 is 0 Å². The quantitative estimate of drug-likeness (QED) is 0.924. The Kier molecular flexibility index (Phi) is 3.92. The molecule has 0 amide bonds. The summed E-state index contributed by atoms with van der Waals surface area (Å²) < 4.78 is 24.9. The molecule has 0 spiro atoms. The van der Waals surface area contributed by atoms with Crippen LogP contribution < -0.4 is 4.72 Å². The lowest BCUT2D eigenvalue weighted by Gasteiger charge is -2.13. The maximum absolute atomic E-state index is 11.2. The van der Waals surface area contributed by atoms with Crippen LogP contribution >= 0.6 is 0 Å². The summed E-state index contributed by atoms with van der Waals surface area (Å²) in [6.45, 7) is 1.81. The third kappa shape index (κ3) is 3.84. The lowest BCUT2D eigenvalue weighted by molar-refractivity contribution is 0.573. The Morgan fingerprint density at radius 3 is 2.16 bits per heavy atom. The van der Waals surface area contributed by atoms with E-state index in [1.54, 1.807) is 12.4 Å². The molecule has 0 bridgehead atoms. The fourth-order valence-corrected chi connectivity index (χ4v) is 2.58. The van der Waals surface area contributed by atoms with Crippen molar-refractivity contribution in [1.29, 1.82) is 0 Å². The minimum Gasteiger partial charge on any atom is -0.244 e. The Labute approximate surface area is 112 Å². The summed E-state index contributed by atoms with van der Waals surface area (Å²) in [5.74, 6) is 0. The van der Waals surface area contributed by atoms with E-state index < -0.39 is 10.0 Å². The zero-order valence-corrected chi connectivity index (χ0v) is 11.6. The third-order valence-corrected chi connectivity index (χ3v) is 3.48. The third-order valence-electron chi connectivity index (χ3n) is 2.70. The summed E-state index contributed by atoms with van der Waals surface area (Å²) in [6.07, 6.45) is 6.11. The van der Waals surface area contributed by atoms with Crippen LogP contribution in [-0.4, -0.2) is 24.6 Å². The van der Waals surface area contributed by atoms with Crippen molar-refractivity contribution in [2.24, 2.45) is 0 Å². The van der Waals surface area contributed by atoms with Gasteiger partial charge in [0.1, 0.15) is 6.33 Å². The van der Waals surface area contributed by atoms with Crippen LogP contribution in [-0.2, 0) is 10.0 Å². The molecule has 1 atom stereocenters. The van der Waals surface area contributed by atoms with E-state index in [1.165, 1.54) is 6.33 Å². The van der Waals surface area contributed by atoms with Gasteiger partial charge in [0.15, 0.2) is 0 Å². The van der Waals surface area contributed by atoms with Gasteiger partial charge in [-0.05, 0) is 18.1 Å². The molecule has 0 saturated carbocycles. The van der Waals surface area contributed by atoms with E-state index in [1.807, 2.05) is 31.2 Å². The Balaban J connectivity index is 2.19. The van der Waals surface area contributed by atoms with Crippen LogP contribution in [0, 0.1) is 0 Å². The van der Waals surface area contributed by atoms with Crippen LogP contribution in [0.1, 0.15) is 18.5 Å². The van der Waals surface area contributed by atoms with Gasteiger partial charge in [-0.1, -0.05) is 24.3 Å². The maximum atomic E-state index is 11.2. The number of nitrogens with one attached hydrogen (secondary N) is 1. The van der Waals surface area contributed by atoms with E-state index >= 15 is 0 Å². The van der Waals surface area contributed by atoms with E-state index in [9.17, 15) is 8.42 Å². The zero-order valence-electron chi connectivity index (χ0n) is 10.7. The lowest BCUT2D eigenvalue weighted by Crippen LogP contribution is -2.25. The second-order valence-corrected chi connectivity index (χ2v) is 6.14. The maximum Gasteiger partial charge on any atom is 0.209 e. The van der Waals surface area contributed by atoms with Gasteiger partial charge in [0.05, 0.1) is 6.26 Å². The zero-order chi connectivity index (χ0) is 13.9. The molecule has 1 aromatic heterocycles. The molecule has 1 N–H and O–H groups in total. The van der Waals surface area contributed by atoms with E-state index in [0.717, 1.165) is 22.9 Å². The molecular weight excluding hydrogens is 262 g/mol. The number of nitrogens with zero attached hydrogens (tertiary/aromatic N) is 2. The molecule has 100 valence electrons. The number of benzene rings is 1. The lowest BCUT2D eigenvalue weighted by atomic mass is 10.0. The Morgan fingerprint density at radius 2 is 1.63 bits per heavy atom. The molecule has 1 aromatic carbocycles. The monoisotopic (exact) mass is 277 g/mol. The number of rotatable bonds is 4. The smallest absolute Gasteiger partial charge is 0.209 e. The Hall–Kier alpha value is -1.79. The van der Waals surface area contributed by atoms with Gasteiger partial charge in [0, 0.05) is 24.0 Å². The molecule has 2 aromatic rings. The fraction of sp³-hybridized carbons (Fsp3) is 0.231. The Morgan fingerprint density at radius 1 is 1.05 bits per heavy atom. The molecule has 1 heterocycles. The standard InChI is InChI=1S/C13H15N3O2S/c1-10(16-19(2,17)18)11-3-5-12(6-4-11)13-7-14-9-15-8-13/h3-10,16H,1-2H3. The first-order chi connectivity index (χ1) is 8.96. The van der Waals surface area contributed by atoms with Crippen molar-refractivity contribution >= 4 is 10.0 Å². The average molecular weight is 277 g/mol. The van der Waals surface area contributed by atoms with Crippen molar-refractivity contribution < 1.29 is 8.42 Å². The van der Waals surface area contributed by atoms with Gasteiger partial charge in [-0.3, -0.25) is 0 Å². The number of sulfonamides is 1. The first kappa shape index (κ1) is 13.6. The fourth-order valence-electron chi connectivity index (χ4n) is 1.80. The summed E-state index contributed by atoms with van der Waals surface area (Å²) in [5, 5.41) is 0. The summed E-state index contributed by atoms with van der Waals surface area (Å²) >= 11 is 0. The molecule has 0 fully saturated rings.